The molecule has 0 atom stereocenters. The maximum atomic E-state index is 15.3. The topological polar surface area (TPSA) is 111 Å². The van der Waals surface area contributed by atoms with Crippen LogP contribution >= 0.6 is 11.6 Å². The van der Waals surface area contributed by atoms with Crippen LogP contribution in [0.1, 0.15) is 36.7 Å². The number of alkyl halides is 2. The van der Waals surface area contributed by atoms with E-state index < -0.39 is 30.2 Å². The van der Waals surface area contributed by atoms with Crippen LogP contribution in [-0.4, -0.2) is 34.4 Å². The number of imidazole rings is 1. The average Bonchev–Trinajstić information content (AvgIpc) is 3.07. The Morgan fingerprint density at radius 3 is 2.54 bits per heavy atom. The number of rotatable bonds is 8. The third-order valence-electron chi connectivity index (χ3n) is 5.14. The van der Waals surface area contributed by atoms with Crippen LogP contribution in [0, 0.1) is 11.2 Å². The second-order valence-electron chi connectivity index (χ2n) is 8.85. The first-order valence-corrected chi connectivity index (χ1v) is 10.9. The van der Waals surface area contributed by atoms with E-state index in [9.17, 15) is 18.4 Å². The number of aromatic nitrogens is 2. The van der Waals surface area contributed by atoms with Crippen molar-refractivity contribution in [3.05, 3.63) is 46.2 Å². The van der Waals surface area contributed by atoms with Gasteiger partial charge in [-0.15, -0.1) is 0 Å². The molecule has 0 aliphatic heterocycles. The Hall–Kier alpha value is -3.47. The Morgan fingerprint density at radius 1 is 1.26 bits per heavy atom. The molecule has 0 unspecified atom stereocenters. The first-order chi connectivity index (χ1) is 16.3. The summed E-state index contributed by atoms with van der Waals surface area (Å²) in [5, 5.41) is 5.58. The maximum Gasteiger partial charge on any atom is 0.272 e. The van der Waals surface area contributed by atoms with Gasteiger partial charge in [0.15, 0.2) is 5.82 Å². The molecular weight excluding hydrogens is 487 g/mol. The van der Waals surface area contributed by atoms with Crippen molar-refractivity contribution in [2.45, 2.75) is 33.7 Å². The van der Waals surface area contributed by atoms with Crippen molar-refractivity contribution in [3.8, 4) is 5.75 Å². The maximum absolute atomic E-state index is 15.3. The van der Waals surface area contributed by atoms with Gasteiger partial charge in [-0.3, -0.25) is 9.59 Å². The van der Waals surface area contributed by atoms with Gasteiger partial charge in [0.2, 0.25) is 11.9 Å². The summed E-state index contributed by atoms with van der Waals surface area (Å²) in [5.41, 5.74) is 5.43. The molecule has 0 saturated carbocycles. The first-order valence-electron chi connectivity index (χ1n) is 10.5. The van der Waals surface area contributed by atoms with Crippen LogP contribution < -0.4 is 21.1 Å². The first kappa shape index (κ1) is 26.1. The molecule has 0 aliphatic rings. The standard InChI is InChI=1S/C23H25ClF3N5O3/c1-23(2,3)21(34)29-9-11-5-6-13(24)19(18(11)27)31-22-30-14-7-12(20(28)33)16(35-10-17(25)26)8-15(14)32(22)4/h5-8,17H,9-10H2,1-4H3,(H2,28,33)(H,29,34)(H,30,31). The second kappa shape index (κ2) is 10.0. The summed E-state index contributed by atoms with van der Waals surface area (Å²) < 4.78 is 47.1. The fourth-order valence-electron chi connectivity index (χ4n) is 3.19. The number of nitrogens with one attached hydrogen (secondary N) is 2. The van der Waals surface area contributed by atoms with Crippen molar-refractivity contribution in [3.63, 3.8) is 0 Å². The van der Waals surface area contributed by atoms with Gasteiger partial charge < -0.3 is 25.7 Å². The highest BCUT2D eigenvalue weighted by Gasteiger charge is 2.23. The predicted octanol–water partition coefficient (Wildman–Crippen LogP) is 4.51. The quantitative estimate of drug-likeness (QED) is 0.412. The molecule has 188 valence electrons. The number of halogens is 4. The number of primary amides is 1. The summed E-state index contributed by atoms with van der Waals surface area (Å²) >= 11 is 6.22. The van der Waals surface area contributed by atoms with Gasteiger partial charge in [0, 0.05) is 30.6 Å². The van der Waals surface area contributed by atoms with E-state index in [0.29, 0.717) is 11.0 Å². The van der Waals surface area contributed by atoms with E-state index in [0.717, 1.165) is 0 Å². The number of hydrogen-bond donors (Lipinski definition) is 3. The Labute approximate surface area is 204 Å². The van der Waals surface area contributed by atoms with Crippen molar-refractivity contribution in [1.82, 2.24) is 14.9 Å². The molecule has 2 amide bonds. The lowest BCUT2D eigenvalue weighted by Crippen LogP contribution is -2.34. The molecule has 0 radical (unpaired) electrons. The third kappa shape index (κ3) is 5.79. The zero-order valence-electron chi connectivity index (χ0n) is 19.5. The van der Waals surface area contributed by atoms with Crippen molar-refractivity contribution >= 4 is 46.1 Å². The molecule has 0 aliphatic carbocycles. The SMILES string of the molecule is Cn1c(Nc2c(Cl)ccc(CNC(=O)C(C)(C)C)c2F)nc2cc(C(N)=O)c(OCC(F)F)cc21. The summed E-state index contributed by atoms with van der Waals surface area (Å²) in [5.74, 6) is -1.78. The van der Waals surface area contributed by atoms with Gasteiger partial charge in [-0.05, 0) is 12.1 Å². The van der Waals surface area contributed by atoms with Gasteiger partial charge in [0.1, 0.15) is 12.4 Å². The second-order valence-corrected chi connectivity index (χ2v) is 9.26. The zero-order valence-corrected chi connectivity index (χ0v) is 20.3. The average molecular weight is 512 g/mol. The van der Waals surface area contributed by atoms with Crippen LogP contribution in [0.15, 0.2) is 24.3 Å². The highest BCUT2D eigenvalue weighted by atomic mass is 35.5. The molecule has 4 N–H and O–H groups in total. The van der Waals surface area contributed by atoms with E-state index in [1.54, 1.807) is 27.8 Å². The number of benzene rings is 2. The Bertz CT molecular complexity index is 1290. The van der Waals surface area contributed by atoms with Gasteiger partial charge in [-0.2, -0.15) is 0 Å². The van der Waals surface area contributed by atoms with E-state index in [2.05, 4.69) is 15.6 Å². The van der Waals surface area contributed by atoms with Gasteiger partial charge in [-0.1, -0.05) is 38.4 Å². The molecule has 8 nitrogen and oxygen atoms in total. The smallest absolute Gasteiger partial charge is 0.272 e. The molecule has 12 heteroatoms. The highest BCUT2D eigenvalue weighted by Crippen LogP contribution is 2.33. The predicted molar refractivity (Wildman–Crippen MR) is 127 cm³/mol. The minimum Gasteiger partial charge on any atom is -0.487 e. The van der Waals surface area contributed by atoms with Crippen molar-refractivity contribution in [1.29, 1.82) is 0 Å². The molecule has 3 aromatic rings. The molecule has 1 aromatic heterocycles. The Balaban J connectivity index is 1.96. The van der Waals surface area contributed by atoms with E-state index >= 15 is 4.39 Å². The minimum atomic E-state index is -2.75. The molecule has 2 aromatic carbocycles. The number of nitrogens with two attached hydrogens (primary N) is 1. The summed E-state index contributed by atoms with van der Waals surface area (Å²) in [4.78, 5) is 28.3. The fraction of sp³-hybridized carbons (Fsp3) is 0.348. The number of carbonyl (C=O) groups excluding carboxylic acids is 2. The number of fused-ring (bicyclic) bond motifs is 1. The number of amides is 2. The molecule has 0 bridgehead atoms. The van der Waals surface area contributed by atoms with Crippen molar-refractivity contribution < 1.29 is 27.5 Å². The molecule has 0 spiro atoms. The normalized spacial score (nSPS) is 11.7. The number of aryl methyl sites for hydroxylation is 1. The van der Waals surface area contributed by atoms with Crippen LogP contribution in [0.2, 0.25) is 5.02 Å². The third-order valence-corrected chi connectivity index (χ3v) is 5.46. The summed E-state index contributed by atoms with van der Waals surface area (Å²) in [7, 11) is 1.59. The lowest BCUT2D eigenvalue weighted by molar-refractivity contribution is -0.128. The Kier molecular flexibility index (Phi) is 7.49. The number of hydrogen-bond acceptors (Lipinski definition) is 5. The van der Waals surface area contributed by atoms with E-state index in [4.69, 9.17) is 22.1 Å². The Morgan fingerprint density at radius 2 is 1.94 bits per heavy atom. The lowest BCUT2D eigenvalue weighted by atomic mass is 9.95. The molecule has 35 heavy (non-hydrogen) atoms. The van der Waals surface area contributed by atoms with Crippen molar-refractivity contribution in [2.75, 3.05) is 11.9 Å². The largest absolute Gasteiger partial charge is 0.487 e. The van der Waals surface area contributed by atoms with Crippen LogP contribution in [0.3, 0.4) is 0 Å². The molecular formula is C23H25ClF3N5O3. The summed E-state index contributed by atoms with van der Waals surface area (Å²) in [6.45, 7) is 4.25. The number of carbonyl (C=O) groups is 2. The number of ether oxygens (including phenoxy) is 1. The van der Waals surface area contributed by atoms with Gasteiger partial charge in [-0.25, -0.2) is 18.2 Å². The van der Waals surface area contributed by atoms with Crippen LogP contribution in [0.4, 0.5) is 24.8 Å². The summed E-state index contributed by atoms with van der Waals surface area (Å²) in [6.07, 6.45) is -2.75. The molecule has 3 rings (SSSR count). The molecule has 1 heterocycles. The highest BCUT2D eigenvalue weighted by molar-refractivity contribution is 6.33. The molecule has 0 saturated heterocycles. The van der Waals surface area contributed by atoms with Crippen LogP contribution in [0.25, 0.3) is 11.0 Å². The van der Waals surface area contributed by atoms with Crippen molar-refractivity contribution in [2.24, 2.45) is 18.2 Å². The van der Waals surface area contributed by atoms with E-state index in [1.807, 2.05) is 0 Å². The van der Waals surface area contributed by atoms with E-state index in [1.165, 1.54) is 28.8 Å². The van der Waals surface area contributed by atoms with Gasteiger partial charge in [0.25, 0.3) is 12.3 Å². The van der Waals surface area contributed by atoms with Gasteiger partial charge in [0.05, 0.1) is 27.3 Å². The van der Waals surface area contributed by atoms with Gasteiger partial charge >= 0.3 is 0 Å². The molecule has 0 fully saturated rings. The minimum absolute atomic E-state index is 0.0524. The lowest BCUT2D eigenvalue weighted by Gasteiger charge is -2.18. The fourth-order valence-corrected chi connectivity index (χ4v) is 3.39. The zero-order chi connectivity index (χ0) is 26.1. The van der Waals surface area contributed by atoms with E-state index in [-0.39, 0.29) is 46.0 Å². The van der Waals surface area contributed by atoms with Crippen LogP contribution in [0.5, 0.6) is 5.75 Å². The number of anilines is 2. The monoisotopic (exact) mass is 511 g/mol. The summed E-state index contributed by atoms with van der Waals surface area (Å²) in [6, 6.07) is 5.61. The van der Waals surface area contributed by atoms with Crippen LogP contribution in [-0.2, 0) is 18.4 Å². The number of nitrogens with zero attached hydrogens (tertiary/aromatic N) is 2.